The SMILES string of the molecule is O=C1c2cc3ccccc3cc2C(=O)c2c1c(-c1ccccc1)c1ccccc1c2-c1ccccc1. The Kier molecular flexibility index (Phi) is 4.49. The van der Waals surface area contributed by atoms with E-state index in [1.165, 1.54) is 0 Å². The molecule has 0 fully saturated rings. The first-order valence-electron chi connectivity index (χ1n) is 12.0. The van der Waals surface area contributed by atoms with E-state index in [9.17, 15) is 9.59 Å². The van der Waals surface area contributed by atoms with Crippen LogP contribution in [0.2, 0.25) is 0 Å². The second kappa shape index (κ2) is 7.86. The maximum Gasteiger partial charge on any atom is 0.195 e. The van der Waals surface area contributed by atoms with Gasteiger partial charge in [-0.1, -0.05) is 109 Å². The van der Waals surface area contributed by atoms with Gasteiger partial charge in [0.1, 0.15) is 0 Å². The largest absolute Gasteiger partial charge is 0.289 e. The van der Waals surface area contributed by atoms with E-state index >= 15 is 0 Å². The van der Waals surface area contributed by atoms with Crippen molar-refractivity contribution in [1.29, 1.82) is 0 Å². The van der Waals surface area contributed by atoms with Gasteiger partial charge in [-0.25, -0.2) is 0 Å². The summed E-state index contributed by atoms with van der Waals surface area (Å²) in [5, 5.41) is 3.83. The minimum atomic E-state index is -0.104. The first kappa shape index (κ1) is 20.5. The van der Waals surface area contributed by atoms with Crippen LogP contribution in [0.1, 0.15) is 31.8 Å². The van der Waals surface area contributed by atoms with Crippen molar-refractivity contribution >= 4 is 33.1 Å². The summed E-state index contributed by atoms with van der Waals surface area (Å²) in [5.74, 6) is -0.209. The zero-order chi connectivity index (χ0) is 24.2. The lowest BCUT2D eigenvalue weighted by Crippen LogP contribution is -2.23. The minimum Gasteiger partial charge on any atom is -0.289 e. The molecule has 168 valence electrons. The first-order chi connectivity index (χ1) is 17.7. The van der Waals surface area contributed by atoms with Gasteiger partial charge < -0.3 is 0 Å². The average Bonchev–Trinajstić information content (AvgIpc) is 2.94. The number of ketones is 2. The molecule has 2 heteroatoms. The number of rotatable bonds is 2. The summed E-state index contributed by atoms with van der Waals surface area (Å²) in [6.45, 7) is 0. The van der Waals surface area contributed by atoms with E-state index in [0.29, 0.717) is 22.3 Å². The molecule has 2 nitrogen and oxygen atoms in total. The average molecular weight is 461 g/mol. The maximum absolute atomic E-state index is 14.4. The van der Waals surface area contributed by atoms with Crippen molar-refractivity contribution in [3.63, 3.8) is 0 Å². The minimum absolute atomic E-state index is 0.104. The zero-order valence-corrected chi connectivity index (χ0v) is 19.4. The van der Waals surface area contributed by atoms with Gasteiger partial charge in [0.15, 0.2) is 11.6 Å². The summed E-state index contributed by atoms with van der Waals surface area (Å²) in [6, 6.07) is 39.6. The molecule has 0 aliphatic heterocycles. The highest BCUT2D eigenvalue weighted by molar-refractivity contribution is 6.36. The van der Waals surface area contributed by atoms with Crippen molar-refractivity contribution in [1.82, 2.24) is 0 Å². The number of benzene rings is 6. The molecule has 6 aromatic carbocycles. The number of fused-ring (bicyclic) bond motifs is 4. The zero-order valence-electron chi connectivity index (χ0n) is 19.4. The van der Waals surface area contributed by atoms with Crippen LogP contribution in [0.3, 0.4) is 0 Å². The fourth-order valence-corrected chi connectivity index (χ4v) is 5.59. The van der Waals surface area contributed by atoms with E-state index in [-0.39, 0.29) is 11.6 Å². The van der Waals surface area contributed by atoms with Crippen LogP contribution in [0, 0.1) is 0 Å². The van der Waals surface area contributed by atoms with Crippen molar-refractivity contribution in [2.24, 2.45) is 0 Å². The van der Waals surface area contributed by atoms with E-state index in [2.05, 4.69) is 12.1 Å². The van der Waals surface area contributed by atoms with Crippen molar-refractivity contribution in [2.75, 3.05) is 0 Å². The van der Waals surface area contributed by atoms with Gasteiger partial charge in [0.25, 0.3) is 0 Å². The molecule has 0 saturated heterocycles. The van der Waals surface area contributed by atoms with Crippen molar-refractivity contribution in [3.05, 3.63) is 144 Å². The Morgan fingerprint density at radius 2 is 0.722 bits per heavy atom. The van der Waals surface area contributed by atoms with Gasteiger partial charge in [0.2, 0.25) is 0 Å². The van der Waals surface area contributed by atoms with Crippen molar-refractivity contribution in [3.8, 4) is 22.3 Å². The molecule has 7 rings (SSSR count). The van der Waals surface area contributed by atoms with Crippen LogP contribution in [0.4, 0.5) is 0 Å². The van der Waals surface area contributed by atoms with E-state index in [0.717, 1.165) is 43.8 Å². The smallest absolute Gasteiger partial charge is 0.195 e. The number of hydrogen-bond donors (Lipinski definition) is 0. The quantitative estimate of drug-likeness (QED) is 0.261. The third-order valence-corrected chi connectivity index (χ3v) is 7.17. The Labute approximate surface area is 208 Å². The molecule has 0 radical (unpaired) electrons. The maximum atomic E-state index is 14.4. The molecule has 0 atom stereocenters. The highest BCUT2D eigenvalue weighted by atomic mass is 16.1. The molecule has 0 aromatic heterocycles. The van der Waals surface area contributed by atoms with Gasteiger partial charge in [0.05, 0.1) is 0 Å². The topological polar surface area (TPSA) is 34.1 Å². The Morgan fingerprint density at radius 3 is 1.14 bits per heavy atom. The van der Waals surface area contributed by atoms with Crippen LogP contribution in [0.25, 0.3) is 43.8 Å². The lowest BCUT2D eigenvalue weighted by atomic mass is 9.74. The summed E-state index contributed by atoms with van der Waals surface area (Å²) in [4.78, 5) is 28.7. The summed E-state index contributed by atoms with van der Waals surface area (Å²) < 4.78 is 0. The Bertz CT molecular complexity index is 1710. The second-order valence-corrected chi connectivity index (χ2v) is 9.18. The second-order valence-electron chi connectivity index (χ2n) is 9.18. The highest BCUT2D eigenvalue weighted by Gasteiger charge is 2.36. The predicted octanol–water partition coefficient (Wildman–Crippen LogP) is 8.10. The van der Waals surface area contributed by atoms with Gasteiger partial charge in [-0.3, -0.25) is 9.59 Å². The van der Waals surface area contributed by atoms with Crippen LogP contribution in [-0.2, 0) is 0 Å². The van der Waals surface area contributed by atoms with Crippen LogP contribution in [0.5, 0.6) is 0 Å². The van der Waals surface area contributed by atoms with Crippen LogP contribution < -0.4 is 0 Å². The van der Waals surface area contributed by atoms with Crippen LogP contribution in [0.15, 0.2) is 121 Å². The number of carbonyl (C=O) groups is 2. The number of carbonyl (C=O) groups excluding carboxylic acids is 2. The molecule has 36 heavy (non-hydrogen) atoms. The van der Waals surface area contributed by atoms with Gasteiger partial charge >= 0.3 is 0 Å². The van der Waals surface area contributed by atoms with E-state index in [4.69, 9.17) is 0 Å². The van der Waals surface area contributed by atoms with Gasteiger partial charge in [-0.05, 0) is 44.8 Å². The summed E-state index contributed by atoms with van der Waals surface area (Å²) in [7, 11) is 0. The Hall–Kier alpha value is -4.82. The number of hydrogen-bond acceptors (Lipinski definition) is 2. The van der Waals surface area contributed by atoms with Crippen LogP contribution in [-0.4, -0.2) is 11.6 Å². The molecule has 0 N–H and O–H groups in total. The first-order valence-corrected chi connectivity index (χ1v) is 12.0. The monoisotopic (exact) mass is 460 g/mol. The summed E-state index contributed by atoms with van der Waals surface area (Å²) >= 11 is 0. The molecular formula is C34H20O2. The fourth-order valence-electron chi connectivity index (χ4n) is 5.59. The van der Waals surface area contributed by atoms with E-state index in [1.807, 2.05) is 109 Å². The lowest BCUT2D eigenvalue weighted by Gasteiger charge is -2.26. The Morgan fingerprint density at radius 1 is 0.361 bits per heavy atom. The molecule has 0 spiro atoms. The van der Waals surface area contributed by atoms with E-state index in [1.54, 1.807) is 0 Å². The highest BCUT2D eigenvalue weighted by Crippen LogP contribution is 2.46. The molecule has 0 heterocycles. The molecule has 0 unspecified atom stereocenters. The normalized spacial score (nSPS) is 12.6. The molecule has 0 saturated carbocycles. The predicted molar refractivity (Wildman–Crippen MR) is 146 cm³/mol. The van der Waals surface area contributed by atoms with Gasteiger partial charge in [-0.2, -0.15) is 0 Å². The van der Waals surface area contributed by atoms with Crippen molar-refractivity contribution < 1.29 is 9.59 Å². The lowest BCUT2D eigenvalue weighted by molar-refractivity contribution is 0.0980. The molecule has 6 aromatic rings. The standard InChI is InChI=1S/C34H20O2/c35-33-27-19-23-15-7-8-16-24(23)20-28(27)34(36)32-30(22-13-5-2-6-14-22)26-18-10-9-17-25(26)29(31(32)33)21-11-3-1-4-12-21/h1-20H. The molecule has 0 bridgehead atoms. The third kappa shape index (κ3) is 2.91. The van der Waals surface area contributed by atoms with Gasteiger partial charge in [0, 0.05) is 33.4 Å². The van der Waals surface area contributed by atoms with E-state index < -0.39 is 0 Å². The molecular weight excluding hydrogens is 440 g/mol. The summed E-state index contributed by atoms with van der Waals surface area (Å²) in [5.41, 5.74) is 5.41. The molecule has 1 aliphatic carbocycles. The van der Waals surface area contributed by atoms with Crippen molar-refractivity contribution in [2.45, 2.75) is 0 Å². The summed E-state index contributed by atoms with van der Waals surface area (Å²) in [6.07, 6.45) is 0. The fraction of sp³-hybridized carbons (Fsp3) is 0. The molecule has 1 aliphatic rings. The third-order valence-electron chi connectivity index (χ3n) is 7.17. The Balaban J connectivity index is 1.68. The molecule has 0 amide bonds. The van der Waals surface area contributed by atoms with Crippen LogP contribution >= 0.6 is 0 Å². The van der Waals surface area contributed by atoms with Gasteiger partial charge in [-0.15, -0.1) is 0 Å².